The van der Waals surface area contributed by atoms with E-state index in [2.05, 4.69) is 49.4 Å². The van der Waals surface area contributed by atoms with E-state index >= 15 is 0 Å². The van der Waals surface area contributed by atoms with E-state index in [0.717, 1.165) is 18.4 Å². The molecule has 31 heavy (non-hydrogen) atoms. The molecule has 2 aromatic rings. The maximum absolute atomic E-state index is 12.2. The predicted molar refractivity (Wildman–Crippen MR) is 132 cm³/mol. The van der Waals surface area contributed by atoms with Crippen LogP contribution in [0.3, 0.4) is 0 Å². The Hall–Kier alpha value is -2.09. The molecule has 0 N–H and O–H groups in total. The van der Waals surface area contributed by atoms with Crippen molar-refractivity contribution in [1.82, 2.24) is 0 Å². The van der Waals surface area contributed by atoms with E-state index in [9.17, 15) is 4.79 Å². The summed E-state index contributed by atoms with van der Waals surface area (Å²) in [5.41, 5.74) is 3.80. The molecule has 0 spiro atoms. The van der Waals surface area contributed by atoms with Crippen molar-refractivity contribution >= 4 is 22.3 Å². The average molecular weight is 421 g/mol. The monoisotopic (exact) mass is 420 g/mol. The number of carbonyl (C=O) groups is 1. The van der Waals surface area contributed by atoms with Crippen LogP contribution in [-0.2, 0) is 9.53 Å². The Labute approximate surface area is 189 Å². The molecule has 0 fully saturated rings. The van der Waals surface area contributed by atoms with Gasteiger partial charge in [-0.3, -0.25) is 4.79 Å². The highest BCUT2D eigenvalue weighted by Crippen LogP contribution is 2.41. The van der Waals surface area contributed by atoms with Crippen LogP contribution in [0.5, 0.6) is 0 Å². The van der Waals surface area contributed by atoms with Crippen LogP contribution in [0, 0.1) is 0 Å². The minimum absolute atomic E-state index is 0.0987. The molecule has 3 rings (SSSR count). The Morgan fingerprint density at radius 1 is 0.806 bits per heavy atom. The molecule has 2 heteroatoms. The van der Waals surface area contributed by atoms with Gasteiger partial charge < -0.3 is 4.74 Å². The van der Waals surface area contributed by atoms with Crippen molar-refractivity contribution in [2.75, 3.05) is 0 Å². The summed E-state index contributed by atoms with van der Waals surface area (Å²) in [7, 11) is 0. The Balaban J connectivity index is 1.58. The molecule has 0 heterocycles. The second kappa shape index (κ2) is 12.7. The maximum Gasteiger partial charge on any atom is 0.306 e. The fraction of sp³-hybridized carbons (Fsp3) is 0.552. The lowest BCUT2D eigenvalue weighted by molar-refractivity contribution is -0.147. The molecule has 1 atom stereocenters. The van der Waals surface area contributed by atoms with Crippen molar-refractivity contribution in [2.24, 2.45) is 0 Å². The first kappa shape index (κ1) is 23.6. The highest BCUT2D eigenvalue weighted by Gasteiger charge is 2.24. The molecule has 0 saturated heterocycles. The summed E-state index contributed by atoms with van der Waals surface area (Å²) in [5, 5.41) is 2.50. The van der Waals surface area contributed by atoms with Gasteiger partial charge in [0.1, 0.15) is 6.10 Å². The number of rotatable bonds is 14. The zero-order chi connectivity index (χ0) is 21.9. The highest BCUT2D eigenvalue weighted by molar-refractivity contribution is 5.98. The number of hydrogen-bond acceptors (Lipinski definition) is 2. The van der Waals surface area contributed by atoms with E-state index in [1.807, 2.05) is 6.92 Å². The van der Waals surface area contributed by atoms with Gasteiger partial charge in [0.05, 0.1) is 0 Å². The third-order valence-electron chi connectivity index (χ3n) is 6.45. The van der Waals surface area contributed by atoms with Gasteiger partial charge in [0.2, 0.25) is 0 Å². The van der Waals surface area contributed by atoms with E-state index in [1.165, 1.54) is 86.1 Å². The average Bonchev–Trinajstić information content (AvgIpc) is 2.78. The Morgan fingerprint density at radius 2 is 1.45 bits per heavy atom. The number of benzene rings is 2. The first-order chi connectivity index (χ1) is 15.2. The molecule has 0 bridgehead atoms. The zero-order valence-corrected chi connectivity index (χ0v) is 19.6. The van der Waals surface area contributed by atoms with Gasteiger partial charge in [0.25, 0.3) is 0 Å². The van der Waals surface area contributed by atoms with Gasteiger partial charge in [-0.1, -0.05) is 108 Å². The highest BCUT2D eigenvalue weighted by atomic mass is 16.5. The first-order valence-corrected chi connectivity index (χ1v) is 12.7. The normalized spacial score (nSPS) is 15.2. The smallest absolute Gasteiger partial charge is 0.306 e. The number of allylic oxidation sites excluding steroid dienone is 1. The molecular weight excluding hydrogens is 380 g/mol. The lowest BCUT2D eigenvalue weighted by Crippen LogP contribution is -2.13. The Morgan fingerprint density at radius 3 is 2.13 bits per heavy atom. The van der Waals surface area contributed by atoms with Crippen molar-refractivity contribution in [1.29, 1.82) is 0 Å². The van der Waals surface area contributed by atoms with Crippen LogP contribution in [0.25, 0.3) is 16.3 Å². The first-order valence-electron chi connectivity index (χ1n) is 12.7. The topological polar surface area (TPSA) is 26.3 Å². The SMILES string of the molecule is CCCCCCCCCCCCC1=CC(OC(=O)CCC)c2cccc3cccc1c23. The van der Waals surface area contributed by atoms with Crippen molar-refractivity contribution in [3.63, 3.8) is 0 Å². The molecule has 2 aromatic carbocycles. The van der Waals surface area contributed by atoms with Gasteiger partial charge >= 0.3 is 5.97 Å². The summed E-state index contributed by atoms with van der Waals surface area (Å²) in [5.74, 6) is -0.0987. The largest absolute Gasteiger partial charge is 0.453 e. The molecule has 0 saturated carbocycles. The summed E-state index contributed by atoms with van der Waals surface area (Å²) in [6.07, 6.45) is 17.8. The fourth-order valence-corrected chi connectivity index (χ4v) is 4.76. The van der Waals surface area contributed by atoms with Crippen molar-refractivity contribution in [3.8, 4) is 0 Å². The van der Waals surface area contributed by atoms with E-state index in [1.54, 1.807) is 0 Å². The molecule has 2 nitrogen and oxygen atoms in total. The van der Waals surface area contributed by atoms with E-state index in [-0.39, 0.29) is 12.1 Å². The molecule has 0 aliphatic heterocycles. The Bertz CT molecular complexity index is 859. The van der Waals surface area contributed by atoms with Crippen molar-refractivity contribution in [3.05, 3.63) is 53.6 Å². The lowest BCUT2D eigenvalue weighted by Gasteiger charge is -2.25. The molecule has 0 aromatic heterocycles. The van der Waals surface area contributed by atoms with Crippen LogP contribution in [0.2, 0.25) is 0 Å². The van der Waals surface area contributed by atoms with Crippen LogP contribution >= 0.6 is 0 Å². The van der Waals surface area contributed by atoms with Crippen molar-refractivity contribution < 1.29 is 9.53 Å². The van der Waals surface area contributed by atoms with Gasteiger partial charge in [0, 0.05) is 12.0 Å². The van der Waals surface area contributed by atoms with E-state index in [0.29, 0.717) is 6.42 Å². The Kier molecular flexibility index (Phi) is 9.65. The second-order valence-electron chi connectivity index (χ2n) is 9.04. The summed E-state index contributed by atoms with van der Waals surface area (Å²) in [6, 6.07) is 12.9. The summed E-state index contributed by atoms with van der Waals surface area (Å²) >= 11 is 0. The molecule has 1 unspecified atom stereocenters. The zero-order valence-electron chi connectivity index (χ0n) is 19.6. The van der Waals surface area contributed by atoms with Crippen LogP contribution in [0.15, 0.2) is 42.5 Å². The lowest BCUT2D eigenvalue weighted by atomic mass is 9.84. The predicted octanol–water partition coefficient (Wildman–Crippen LogP) is 8.93. The third kappa shape index (κ3) is 6.69. The number of esters is 1. The number of ether oxygens (including phenoxy) is 1. The molecule has 168 valence electrons. The maximum atomic E-state index is 12.2. The van der Waals surface area contributed by atoms with Crippen LogP contribution in [0.4, 0.5) is 0 Å². The molecular formula is C29H40O2. The van der Waals surface area contributed by atoms with Gasteiger partial charge in [-0.2, -0.15) is 0 Å². The minimum atomic E-state index is -0.254. The van der Waals surface area contributed by atoms with E-state index < -0.39 is 0 Å². The standard InChI is InChI=1S/C29H40O2/c1-3-5-6-7-8-9-10-11-12-13-17-24-22-27(31-28(30)16-4-2)26-21-15-19-23-18-14-20-25(24)29(23)26/h14-15,18-22,27H,3-13,16-17H2,1-2H3. The molecule has 0 radical (unpaired) electrons. The third-order valence-corrected chi connectivity index (χ3v) is 6.45. The number of unbranched alkanes of at least 4 members (excludes halogenated alkanes) is 9. The van der Waals surface area contributed by atoms with Gasteiger partial charge in [-0.15, -0.1) is 0 Å². The molecule has 0 amide bonds. The van der Waals surface area contributed by atoms with Crippen molar-refractivity contribution in [2.45, 2.75) is 103 Å². The van der Waals surface area contributed by atoms with E-state index in [4.69, 9.17) is 4.74 Å². The molecule has 1 aliphatic rings. The molecule has 1 aliphatic carbocycles. The number of carbonyl (C=O) groups excluding carboxylic acids is 1. The van der Waals surface area contributed by atoms with Gasteiger partial charge in [0.15, 0.2) is 0 Å². The fourth-order valence-electron chi connectivity index (χ4n) is 4.76. The second-order valence-corrected chi connectivity index (χ2v) is 9.04. The summed E-state index contributed by atoms with van der Waals surface area (Å²) < 4.78 is 5.89. The quantitative estimate of drug-likeness (QED) is 0.225. The summed E-state index contributed by atoms with van der Waals surface area (Å²) in [4.78, 5) is 12.2. The minimum Gasteiger partial charge on any atom is -0.453 e. The van der Waals surface area contributed by atoms with Crippen LogP contribution in [-0.4, -0.2) is 5.97 Å². The number of hydrogen-bond donors (Lipinski definition) is 0. The van der Waals surface area contributed by atoms with Gasteiger partial charge in [-0.05, 0) is 47.2 Å². The summed E-state index contributed by atoms with van der Waals surface area (Å²) in [6.45, 7) is 4.29. The van der Waals surface area contributed by atoms with Crippen LogP contribution in [0.1, 0.15) is 115 Å². The van der Waals surface area contributed by atoms with Gasteiger partial charge in [-0.25, -0.2) is 0 Å². The van der Waals surface area contributed by atoms with Crippen LogP contribution < -0.4 is 0 Å².